The van der Waals surface area contributed by atoms with E-state index < -0.39 is 0 Å². The van der Waals surface area contributed by atoms with E-state index in [1.54, 1.807) is 11.1 Å². The Balaban J connectivity index is 1.24. The summed E-state index contributed by atoms with van der Waals surface area (Å²) in [6.45, 7) is 1.82. The first-order valence-electron chi connectivity index (χ1n) is 9.35. The largest absolute Gasteiger partial charge is 0.445 e. The number of hydrogen-bond donors (Lipinski definition) is 2. The molecule has 4 rings (SSSR count). The van der Waals surface area contributed by atoms with Crippen molar-refractivity contribution in [2.75, 3.05) is 18.4 Å². The molecular formula is C18H19Br2N7O3. The quantitative estimate of drug-likeness (QED) is 0.483. The Kier molecular flexibility index (Phi) is 6.62. The number of rotatable bonds is 6. The Labute approximate surface area is 189 Å². The Morgan fingerprint density at radius 2 is 2.00 bits per heavy atom. The second-order valence-electron chi connectivity index (χ2n) is 6.85. The van der Waals surface area contributed by atoms with Gasteiger partial charge in [-0.1, -0.05) is 37.0 Å². The van der Waals surface area contributed by atoms with Crippen LogP contribution in [-0.2, 0) is 17.9 Å². The highest BCUT2D eigenvalue weighted by molar-refractivity contribution is 9.11. The molecule has 2 N–H and O–H groups in total. The van der Waals surface area contributed by atoms with Gasteiger partial charge < -0.3 is 19.4 Å². The number of hydrogen-bond acceptors (Lipinski definition) is 8. The Morgan fingerprint density at radius 1 is 1.23 bits per heavy atom. The van der Waals surface area contributed by atoms with E-state index in [0.717, 1.165) is 33.0 Å². The number of amides is 1. The third-order valence-electron chi connectivity index (χ3n) is 4.71. The van der Waals surface area contributed by atoms with Crippen LogP contribution in [-0.4, -0.2) is 49.7 Å². The predicted molar refractivity (Wildman–Crippen MR) is 114 cm³/mol. The molecule has 1 aromatic carbocycles. The predicted octanol–water partition coefficient (Wildman–Crippen LogP) is 3.84. The molecule has 0 radical (unpaired) electrons. The summed E-state index contributed by atoms with van der Waals surface area (Å²) in [7, 11) is 0. The van der Waals surface area contributed by atoms with Crippen molar-refractivity contribution in [2.45, 2.75) is 31.9 Å². The van der Waals surface area contributed by atoms with Crippen molar-refractivity contribution in [3.8, 4) is 0 Å². The molecule has 0 saturated carbocycles. The van der Waals surface area contributed by atoms with Gasteiger partial charge in [-0.3, -0.25) is 0 Å². The van der Waals surface area contributed by atoms with Gasteiger partial charge in [0.25, 0.3) is 0 Å². The van der Waals surface area contributed by atoms with Crippen LogP contribution in [0.4, 0.5) is 10.8 Å². The summed E-state index contributed by atoms with van der Waals surface area (Å²) < 4.78 is 13.0. The van der Waals surface area contributed by atoms with Crippen LogP contribution in [0, 0.1) is 0 Å². The van der Waals surface area contributed by atoms with Gasteiger partial charge in [0.05, 0.1) is 12.7 Å². The van der Waals surface area contributed by atoms with Gasteiger partial charge >= 0.3 is 12.1 Å². The Morgan fingerprint density at radius 3 is 2.70 bits per heavy atom. The van der Waals surface area contributed by atoms with Gasteiger partial charge in [-0.15, -0.1) is 5.10 Å². The van der Waals surface area contributed by atoms with Gasteiger partial charge in [-0.2, -0.15) is 15.4 Å². The van der Waals surface area contributed by atoms with E-state index in [2.05, 4.69) is 62.8 Å². The smallest absolute Gasteiger partial charge is 0.410 e. The number of aromatic amines is 1. The van der Waals surface area contributed by atoms with Crippen LogP contribution in [0.5, 0.6) is 0 Å². The number of piperidine rings is 1. The van der Waals surface area contributed by atoms with Crippen molar-refractivity contribution in [1.29, 1.82) is 0 Å². The van der Waals surface area contributed by atoms with Crippen LogP contribution in [0.1, 0.15) is 35.9 Å². The first-order valence-corrected chi connectivity index (χ1v) is 10.9. The van der Waals surface area contributed by atoms with Crippen molar-refractivity contribution in [1.82, 2.24) is 30.5 Å². The fourth-order valence-electron chi connectivity index (χ4n) is 3.19. The number of H-pyrrole nitrogens is 1. The van der Waals surface area contributed by atoms with Crippen LogP contribution in [0.25, 0.3) is 0 Å². The van der Waals surface area contributed by atoms with Crippen molar-refractivity contribution < 1.29 is 13.9 Å². The molecule has 30 heavy (non-hydrogen) atoms. The van der Waals surface area contributed by atoms with Crippen LogP contribution in [0.2, 0.25) is 0 Å². The van der Waals surface area contributed by atoms with Crippen LogP contribution in [0.15, 0.2) is 37.8 Å². The highest BCUT2D eigenvalue weighted by Gasteiger charge is 2.28. The Bertz CT molecular complexity index is 967. The number of benzene rings is 1. The molecular weight excluding hydrogens is 522 g/mol. The van der Waals surface area contributed by atoms with Gasteiger partial charge in [-0.05, 0) is 36.6 Å². The summed E-state index contributed by atoms with van der Waals surface area (Å²) in [5, 5.41) is 21.4. The maximum Gasteiger partial charge on any atom is 0.410 e. The number of nitrogens with zero attached hydrogens (tertiary/aromatic N) is 5. The lowest BCUT2D eigenvalue weighted by atomic mass is 9.97. The zero-order chi connectivity index (χ0) is 20.9. The van der Waals surface area contributed by atoms with Crippen LogP contribution >= 0.6 is 31.9 Å². The molecule has 1 saturated heterocycles. The summed E-state index contributed by atoms with van der Waals surface area (Å²) >= 11 is 6.87. The average molecular weight is 541 g/mol. The molecule has 0 unspecified atom stereocenters. The number of likely N-dealkylation sites (tertiary alicyclic amines) is 1. The normalized spacial score (nSPS) is 14.7. The fourth-order valence-corrected chi connectivity index (χ4v) is 4.58. The van der Waals surface area contributed by atoms with Crippen molar-refractivity contribution >= 4 is 44.0 Å². The van der Waals surface area contributed by atoms with E-state index in [-0.39, 0.29) is 18.6 Å². The lowest BCUT2D eigenvalue weighted by Gasteiger charge is -2.29. The molecule has 0 bridgehead atoms. The second kappa shape index (κ2) is 9.56. The number of ether oxygens (including phenoxy) is 1. The van der Waals surface area contributed by atoms with Gasteiger partial charge in [0, 0.05) is 28.0 Å². The van der Waals surface area contributed by atoms with Gasteiger partial charge in [0.1, 0.15) is 12.3 Å². The summed E-state index contributed by atoms with van der Waals surface area (Å²) in [6, 6.07) is 6.13. The molecule has 2 aromatic heterocycles. The molecule has 0 aliphatic carbocycles. The fraction of sp³-hybridized carbons (Fsp3) is 0.389. The van der Waals surface area contributed by atoms with Gasteiger partial charge in [0.2, 0.25) is 5.89 Å². The minimum absolute atomic E-state index is 0.116. The number of aromatic nitrogens is 5. The van der Waals surface area contributed by atoms with Crippen molar-refractivity contribution in [2.24, 2.45) is 0 Å². The SMILES string of the molecule is O=C(OCc1cc(Br)cc(Br)c1)N1CCC(c2nnc(NCc3cn[nH]n3)o2)CC1. The van der Waals surface area contributed by atoms with E-state index >= 15 is 0 Å². The maximum absolute atomic E-state index is 12.4. The number of halogens is 2. The minimum atomic E-state index is -0.315. The molecule has 3 aromatic rings. The zero-order valence-corrected chi connectivity index (χ0v) is 19.0. The Hall–Kier alpha value is -2.47. The first-order chi connectivity index (χ1) is 14.6. The summed E-state index contributed by atoms with van der Waals surface area (Å²) in [5.41, 5.74) is 1.66. The standard InChI is InChI=1S/C18H19Br2N7O3/c19-13-5-11(6-14(20)7-13)10-29-18(28)27-3-1-12(2-4-27)16-24-25-17(30-16)21-8-15-9-22-26-23-15/h5-7,9,12H,1-4,8,10H2,(H,21,25)(H,22,23,26). The molecule has 12 heteroatoms. The van der Waals surface area contributed by atoms with Crippen molar-refractivity contribution in [3.05, 3.63) is 50.5 Å². The molecule has 0 spiro atoms. The molecule has 0 atom stereocenters. The monoisotopic (exact) mass is 539 g/mol. The summed E-state index contributed by atoms with van der Waals surface area (Å²) in [4.78, 5) is 14.1. The topological polar surface area (TPSA) is 122 Å². The molecule has 158 valence electrons. The number of carbonyl (C=O) groups excluding carboxylic acids is 1. The van der Waals surface area contributed by atoms with E-state index in [1.807, 2.05) is 18.2 Å². The van der Waals surface area contributed by atoms with Gasteiger partial charge in [-0.25, -0.2) is 4.79 Å². The lowest BCUT2D eigenvalue weighted by molar-refractivity contribution is 0.0856. The number of anilines is 1. The molecule has 1 amide bonds. The third kappa shape index (κ3) is 5.36. The molecule has 3 heterocycles. The molecule has 1 aliphatic rings. The number of nitrogens with one attached hydrogen (secondary N) is 2. The van der Waals surface area contributed by atoms with E-state index in [4.69, 9.17) is 9.15 Å². The van der Waals surface area contributed by atoms with E-state index in [1.165, 1.54) is 0 Å². The third-order valence-corrected chi connectivity index (χ3v) is 5.63. The van der Waals surface area contributed by atoms with E-state index in [0.29, 0.717) is 31.5 Å². The van der Waals surface area contributed by atoms with Crippen LogP contribution < -0.4 is 5.32 Å². The maximum atomic E-state index is 12.4. The number of carbonyl (C=O) groups is 1. The molecule has 1 fully saturated rings. The summed E-state index contributed by atoms with van der Waals surface area (Å²) in [6.07, 6.45) is 2.78. The van der Waals surface area contributed by atoms with Crippen LogP contribution in [0.3, 0.4) is 0 Å². The lowest BCUT2D eigenvalue weighted by Crippen LogP contribution is -2.38. The van der Waals surface area contributed by atoms with Gasteiger partial charge in [0.15, 0.2) is 0 Å². The second-order valence-corrected chi connectivity index (χ2v) is 8.69. The molecule has 1 aliphatic heterocycles. The van der Waals surface area contributed by atoms with Crippen molar-refractivity contribution in [3.63, 3.8) is 0 Å². The first kappa shape index (κ1) is 20.8. The highest BCUT2D eigenvalue weighted by atomic mass is 79.9. The zero-order valence-electron chi connectivity index (χ0n) is 15.8. The average Bonchev–Trinajstić information content (AvgIpc) is 3.42. The van der Waals surface area contributed by atoms with E-state index in [9.17, 15) is 4.79 Å². The highest BCUT2D eigenvalue weighted by Crippen LogP contribution is 2.28. The molecule has 10 nitrogen and oxygen atoms in total. The minimum Gasteiger partial charge on any atom is -0.445 e. The summed E-state index contributed by atoms with van der Waals surface area (Å²) in [5.74, 6) is 0.690.